The SMILES string of the molecule is CSCCC(NC(=O)COc1ccccc1)C(=O)OCC(=O)c1ccc[nH]1. The fourth-order valence-corrected chi connectivity index (χ4v) is 2.68. The van der Waals surface area contributed by atoms with Gasteiger partial charge in [-0.25, -0.2) is 4.79 Å². The molecule has 0 spiro atoms. The number of amides is 1. The zero-order chi connectivity index (χ0) is 19.5. The summed E-state index contributed by atoms with van der Waals surface area (Å²) in [5.41, 5.74) is 0.365. The van der Waals surface area contributed by atoms with Gasteiger partial charge in [-0.3, -0.25) is 9.59 Å². The van der Waals surface area contributed by atoms with Crippen LogP contribution in [0.4, 0.5) is 0 Å². The topological polar surface area (TPSA) is 97.5 Å². The van der Waals surface area contributed by atoms with Crippen LogP contribution >= 0.6 is 11.8 Å². The Kier molecular flexibility index (Phi) is 8.44. The number of ether oxygens (including phenoxy) is 2. The first-order chi connectivity index (χ1) is 13.1. The zero-order valence-electron chi connectivity index (χ0n) is 15.0. The molecular formula is C19H22N2O5S. The Balaban J connectivity index is 1.83. The van der Waals surface area contributed by atoms with E-state index in [1.807, 2.05) is 12.3 Å². The molecule has 2 aromatic rings. The highest BCUT2D eigenvalue weighted by atomic mass is 32.2. The molecule has 144 valence electrons. The minimum atomic E-state index is -0.833. The lowest BCUT2D eigenvalue weighted by Gasteiger charge is -2.17. The third-order valence-electron chi connectivity index (χ3n) is 3.59. The Morgan fingerprint density at radius 1 is 1.11 bits per heavy atom. The van der Waals surface area contributed by atoms with Gasteiger partial charge in [0, 0.05) is 6.20 Å². The summed E-state index contributed by atoms with van der Waals surface area (Å²) in [7, 11) is 0. The number of rotatable bonds is 11. The van der Waals surface area contributed by atoms with E-state index >= 15 is 0 Å². The van der Waals surface area contributed by atoms with Crippen LogP contribution < -0.4 is 10.1 Å². The number of hydrogen-bond acceptors (Lipinski definition) is 6. The van der Waals surface area contributed by atoms with Gasteiger partial charge in [0.25, 0.3) is 5.91 Å². The minimum Gasteiger partial charge on any atom is -0.484 e. The van der Waals surface area contributed by atoms with Crippen molar-refractivity contribution in [2.45, 2.75) is 12.5 Å². The van der Waals surface area contributed by atoms with E-state index in [1.165, 1.54) is 0 Å². The van der Waals surface area contributed by atoms with Crippen LogP contribution in [-0.2, 0) is 14.3 Å². The summed E-state index contributed by atoms with van der Waals surface area (Å²) in [6.07, 6.45) is 3.91. The van der Waals surface area contributed by atoms with Gasteiger partial charge in [-0.1, -0.05) is 18.2 Å². The van der Waals surface area contributed by atoms with Crippen LogP contribution in [0.1, 0.15) is 16.9 Å². The van der Waals surface area contributed by atoms with Crippen LogP contribution in [0.5, 0.6) is 5.75 Å². The van der Waals surface area contributed by atoms with Gasteiger partial charge in [0.1, 0.15) is 11.8 Å². The van der Waals surface area contributed by atoms with Gasteiger partial charge in [-0.2, -0.15) is 11.8 Å². The average Bonchev–Trinajstić information content (AvgIpc) is 3.23. The maximum atomic E-state index is 12.3. The number of aromatic amines is 1. The highest BCUT2D eigenvalue weighted by Crippen LogP contribution is 2.08. The molecular weight excluding hydrogens is 368 g/mol. The molecule has 1 aromatic carbocycles. The number of ketones is 1. The molecule has 1 unspecified atom stereocenters. The molecule has 0 aliphatic heterocycles. The van der Waals surface area contributed by atoms with Crippen molar-refractivity contribution in [3.05, 3.63) is 54.4 Å². The molecule has 0 saturated heterocycles. The Morgan fingerprint density at radius 3 is 2.56 bits per heavy atom. The summed E-state index contributed by atoms with van der Waals surface area (Å²) < 4.78 is 10.4. The van der Waals surface area contributed by atoms with Crippen molar-refractivity contribution in [3.8, 4) is 5.75 Å². The monoisotopic (exact) mass is 390 g/mol. The van der Waals surface area contributed by atoms with Crippen LogP contribution in [0.25, 0.3) is 0 Å². The van der Waals surface area contributed by atoms with E-state index in [0.717, 1.165) is 0 Å². The highest BCUT2D eigenvalue weighted by Gasteiger charge is 2.23. The van der Waals surface area contributed by atoms with Crippen molar-refractivity contribution in [3.63, 3.8) is 0 Å². The predicted octanol–water partition coefficient (Wildman–Crippen LogP) is 2.06. The maximum absolute atomic E-state index is 12.3. The fourth-order valence-electron chi connectivity index (χ4n) is 2.21. The summed E-state index contributed by atoms with van der Waals surface area (Å²) in [6, 6.07) is 11.4. The molecule has 2 N–H and O–H groups in total. The molecule has 7 nitrogen and oxygen atoms in total. The average molecular weight is 390 g/mol. The number of H-pyrrole nitrogens is 1. The molecule has 1 atom stereocenters. The Bertz CT molecular complexity index is 734. The van der Waals surface area contributed by atoms with Crippen LogP contribution in [0.15, 0.2) is 48.7 Å². The lowest BCUT2D eigenvalue weighted by molar-refractivity contribution is -0.147. The predicted molar refractivity (Wildman–Crippen MR) is 103 cm³/mol. The standard InChI is InChI=1S/C19H22N2O5S/c1-27-11-9-16(19(24)26-12-17(22)15-8-5-10-20-15)21-18(23)13-25-14-6-3-2-4-7-14/h2-8,10,16,20H,9,11-13H2,1H3,(H,21,23). The van der Waals surface area contributed by atoms with Crippen molar-refractivity contribution in [2.24, 2.45) is 0 Å². The first-order valence-corrected chi connectivity index (χ1v) is 9.79. The van der Waals surface area contributed by atoms with Gasteiger partial charge in [0.2, 0.25) is 5.78 Å². The molecule has 1 heterocycles. The number of carbonyl (C=O) groups is 3. The highest BCUT2D eigenvalue weighted by molar-refractivity contribution is 7.98. The molecule has 0 saturated carbocycles. The number of Topliss-reactive ketones (excluding diaryl/α,β-unsaturated/α-hetero) is 1. The van der Waals surface area contributed by atoms with Crippen molar-refractivity contribution >= 4 is 29.4 Å². The van der Waals surface area contributed by atoms with E-state index in [4.69, 9.17) is 9.47 Å². The lowest BCUT2D eigenvalue weighted by Crippen LogP contribution is -2.44. The van der Waals surface area contributed by atoms with Crippen molar-refractivity contribution in [1.82, 2.24) is 10.3 Å². The van der Waals surface area contributed by atoms with Crippen LogP contribution in [0.2, 0.25) is 0 Å². The summed E-state index contributed by atoms with van der Waals surface area (Å²) in [6.45, 7) is -0.597. The summed E-state index contributed by atoms with van der Waals surface area (Å²) in [5.74, 6) is -0.192. The van der Waals surface area contributed by atoms with Gasteiger partial charge < -0.3 is 19.8 Å². The molecule has 8 heteroatoms. The summed E-state index contributed by atoms with van der Waals surface area (Å²) in [5, 5.41) is 2.61. The molecule has 0 radical (unpaired) electrons. The fraction of sp³-hybridized carbons (Fsp3) is 0.316. The van der Waals surface area contributed by atoms with Crippen LogP contribution in [0.3, 0.4) is 0 Å². The van der Waals surface area contributed by atoms with Gasteiger partial charge in [-0.05, 0) is 42.7 Å². The number of carbonyl (C=O) groups excluding carboxylic acids is 3. The molecule has 1 amide bonds. The third kappa shape index (κ3) is 7.18. The Hall–Kier alpha value is -2.74. The second-order valence-corrected chi connectivity index (χ2v) is 6.60. The Labute approximate surface area is 161 Å². The molecule has 1 aromatic heterocycles. The van der Waals surface area contributed by atoms with Crippen molar-refractivity contribution < 1.29 is 23.9 Å². The summed E-state index contributed by atoms with van der Waals surface area (Å²) in [4.78, 5) is 39.0. The number of para-hydroxylation sites is 1. The van der Waals surface area contributed by atoms with E-state index in [1.54, 1.807) is 54.4 Å². The number of nitrogens with one attached hydrogen (secondary N) is 2. The second kappa shape index (κ2) is 11.1. The number of benzene rings is 1. The number of esters is 1. The number of aromatic nitrogens is 1. The van der Waals surface area contributed by atoms with E-state index in [2.05, 4.69) is 10.3 Å². The van der Waals surface area contributed by atoms with E-state index in [0.29, 0.717) is 23.6 Å². The minimum absolute atomic E-state index is 0.214. The second-order valence-electron chi connectivity index (χ2n) is 5.62. The molecule has 0 aliphatic carbocycles. The lowest BCUT2D eigenvalue weighted by atomic mass is 10.2. The smallest absolute Gasteiger partial charge is 0.329 e. The Morgan fingerprint density at radius 2 is 1.89 bits per heavy atom. The van der Waals surface area contributed by atoms with Crippen LogP contribution in [-0.4, -0.2) is 53.9 Å². The first kappa shape index (κ1) is 20.6. The molecule has 0 aliphatic rings. The largest absolute Gasteiger partial charge is 0.484 e. The van der Waals surface area contributed by atoms with Gasteiger partial charge >= 0.3 is 5.97 Å². The molecule has 27 heavy (non-hydrogen) atoms. The molecule has 0 bridgehead atoms. The number of hydrogen-bond donors (Lipinski definition) is 2. The molecule has 2 rings (SSSR count). The maximum Gasteiger partial charge on any atom is 0.329 e. The quantitative estimate of drug-likeness (QED) is 0.450. The van der Waals surface area contributed by atoms with Crippen LogP contribution in [0, 0.1) is 0 Å². The number of thioether (sulfide) groups is 1. The third-order valence-corrected chi connectivity index (χ3v) is 4.23. The van der Waals surface area contributed by atoms with Crippen molar-refractivity contribution in [2.75, 3.05) is 25.2 Å². The van der Waals surface area contributed by atoms with Gasteiger partial charge in [0.15, 0.2) is 13.2 Å². The van der Waals surface area contributed by atoms with E-state index < -0.39 is 17.9 Å². The van der Waals surface area contributed by atoms with Crippen molar-refractivity contribution in [1.29, 1.82) is 0 Å². The van der Waals surface area contributed by atoms with E-state index in [-0.39, 0.29) is 19.0 Å². The normalized spacial score (nSPS) is 11.4. The van der Waals surface area contributed by atoms with Gasteiger partial charge in [-0.15, -0.1) is 0 Å². The first-order valence-electron chi connectivity index (χ1n) is 8.39. The zero-order valence-corrected chi connectivity index (χ0v) is 15.8. The van der Waals surface area contributed by atoms with E-state index in [9.17, 15) is 14.4 Å². The summed E-state index contributed by atoms with van der Waals surface area (Å²) >= 11 is 1.54. The molecule has 0 fully saturated rings. The van der Waals surface area contributed by atoms with Gasteiger partial charge in [0.05, 0.1) is 5.69 Å².